The van der Waals surface area contributed by atoms with Crippen molar-refractivity contribution >= 4 is 29.0 Å². The molecule has 1 atom stereocenters. The van der Waals surface area contributed by atoms with Crippen molar-refractivity contribution in [2.45, 2.75) is 13.0 Å². The van der Waals surface area contributed by atoms with Crippen molar-refractivity contribution < 1.29 is 23.1 Å². The van der Waals surface area contributed by atoms with Gasteiger partial charge in [0.15, 0.2) is 5.82 Å². The Kier molecular flexibility index (Phi) is 6.41. The molecule has 204 valence electrons. The van der Waals surface area contributed by atoms with Gasteiger partial charge in [-0.25, -0.2) is 18.7 Å². The van der Waals surface area contributed by atoms with Crippen LogP contribution < -0.4 is 19.9 Å². The highest BCUT2D eigenvalue weighted by Gasteiger charge is 2.34. The van der Waals surface area contributed by atoms with Gasteiger partial charge in [0.2, 0.25) is 5.95 Å². The van der Waals surface area contributed by atoms with Crippen LogP contribution in [0.25, 0.3) is 11.1 Å². The molecule has 2 aromatic carbocycles. The van der Waals surface area contributed by atoms with Crippen molar-refractivity contribution in [3.05, 3.63) is 83.9 Å². The molecule has 2 aliphatic rings. The summed E-state index contributed by atoms with van der Waals surface area (Å²) in [6.45, 7) is 4.20. The van der Waals surface area contributed by atoms with E-state index in [1.165, 1.54) is 12.1 Å². The van der Waals surface area contributed by atoms with Crippen molar-refractivity contribution in [3.63, 3.8) is 0 Å². The molecule has 0 radical (unpaired) electrons. The fraction of sp³-hybridized carbons (Fsp3) is 0.241. The summed E-state index contributed by atoms with van der Waals surface area (Å²) in [6.07, 6.45) is 2.31. The quantitative estimate of drug-likeness (QED) is 0.300. The number of carbonyl (C=O) groups excluding carboxylic acids is 2. The first-order valence-electron chi connectivity index (χ1n) is 12.8. The lowest BCUT2D eigenvalue weighted by Crippen LogP contribution is -2.57. The SMILES string of the molecule is Cc1cc(-c2ccc(F)cc2)c(C(=O)C(=O)Nc2ccc3c(c2)OCC2CN(c4ncc(F)cn4)CCN32)n1C. The van der Waals surface area contributed by atoms with Gasteiger partial charge in [0.05, 0.1) is 24.1 Å². The Morgan fingerprint density at radius 3 is 2.50 bits per heavy atom. The fourth-order valence-corrected chi connectivity index (χ4v) is 5.25. The first kappa shape index (κ1) is 25.5. The summed E-state index contributed by atoms with van der Waals surface area (Å²) in [5.41, 5.74) is 3.54. The van der Waals surface area contributed by atoms with Gasteiger partial charge in [-0.2, -0.15) is 0 Å². The second-order valence-corrected chi connectivity index (χ2v) is 9.89. The van der Waals surface area contributed by atoms with Crippen molar-refractivity contribution in [2.75, 3.05) is 41.4 Å². The number of hydrogen-bond acceptors (Lipinski definition) is 7. The van der Waals surface area contributed by atoms with Crippen LogP contribution in [0.15, 0.2) is 60.9 Å². The number of Topliss-reactive ketones (excluding diaryl/α,β-unsaturated/α-hetero) is 1. The number of anilines is 3. The lowest BCUT2D eigenvalue weighted by Gasteiger charge is -2.45. The van der Waals surface area contributed by atoms with E-state index in [9.17, 15) is 18.4 Å². The maximum absolute atomic E-state index is 13.5. The van der Waals surface area contributed by atoms with Gasteiger partial charge in [-0.3, -0.25) is 9.59 Å². The molecule has 1 unspecified atom stereocenters. The third-order valence-electron chi connectivity index (χ3n) is 7.38. The Labute approximate surface area is 229 Å². The van der Waals surface area contributed by atoms with Gasteiger partial charge < -0.3 is 24.4 Å². The Bertz CT molecular complexity index is 1600. The number of rotatable bonds is 5. The second kappa shape index (κ2) is 10.1. The van der Waals surface area contributed by atoms with Crippen LogP contribution in [-0.2, 0) is 11.8 Å². The van der Waals surface area contributed by atoms with Crippen LogP contribution in [0, 0.1) is 18.6 Å². The van der Waals surface area contributed by atoms with E-state index in [1.807, 2.05) is 17.9 Å². The summed E-state index contributed by atoms with van der Waals surface area (Å²) in [5.74, 6) is -1.26. The highest BCUT2D eigenvalue weighted by molar-refractivity contribution is 6.47. The summed E-state index contributed by atoms with van der Waals surface area (Å²) in [7, 11) is 1.72. The summed E-state index contributed by atoms with van der Waals surface area (Å²) in [5, 5.41) is 2.70. The topological polar surface area (TPSA) is 92.6 Å². The summed E-state index contributed by atoms with van der Waals surface area (Å²) in [4.78, 5) is 38.8. The van der Waals surface area contributed by atoms with Gasteiger partial charge in [-0.15, -0.1) is 0 Å². The van der Waals surface area contributed by atoms with Gasteiger partial charge in [-0.05, 0) is 42.8 Å². The molecule has 0 saturated carbocycles. The normalized spacial score (nSPS) is 16.1. The van der Waals surface area contributed by atoms with Gasteiger partial charge in [0, 0.05) is 49.7 Å². The van der Waals surface area contributed by atoms with Gasteiger partial charge in [0.1, 0.15) is 23.9 Å². The van der Waals surface area contributed by atoms with Crippen molar-refractivity contribution in [1.82, 2.24) is 14.5 Å². The number of carbonyl (C=O) groups is 2. The summed E-state index contributed by atoms with van der Waals surface area (Å²) >= 11 is 0. The number of ether oxygens (including phenoxy) is 1. The number of halogens is 2. The van der Waals surface area contributed by atoms with E-state index < -0.39 is 17.5 Å². The zero-order valence-electron chi connectivity index (χ0n) is 21.9. The summed E-state index contributed by atoms with van der Waals surface area (Å²) < 4.78 is 34.4. The number of benzene rings is 2. The lowest BCUT2D eigenvalue weighted by atomic mass is 10.0. The molecule has 1 amide bonds. The minimum Gasteiger partial charge on any atom is -0.489 e. The highest BCUT2D eigenvalue weighted by Crippen LogP contribution is 2.38. The Balaban J connectivity index is 1.18. The monoisotopic (exact) mass is 544 g/mol. The van der Waals surface area contributed by atoms with Crippen LogP contribution in [0.3, 0.4) is 0 Å². The number of nitrogens with one attached hydrogen (secondary N) is 1. The smallest absolute Gasteiger partial charge is 0.298 e. The van der Waals surface area contributed by atoms with E-state index in [-0.39, 0.29) is 17.6 Å². The van der Waals surface area contributed by atoms with E-state index in [4.69, 9.17) is 4.74 Å². The van der Waals surface area contributed by atoms with Crippen molar-refractivity contribution in [2.24, 2.45) is 7.05 Å². The molecular formula is C29H26F2N6O3. The number of hydrogen-bond donors (Lipinski definition) is 1. The molecular weight excluding hydrogens is 518 g/mol. The maximum Gasteiger partial charge on any atom is 0.298 e. The van der Waals surface area contributed by atoms with E-state index in [0.29, 0.717) is 54.8 Å². The molecule has 0 aliphatic carbocycles. The Hall–Kier alpha value is -4.80. The van der Waals surface area contributed by atoms with Crippen LogP contribution in [0.5, 0.6) is 5.75 Å². The van der Waals surface area contributed by atoms with Crippen LogP contribution in [0.2, 0.25) is 0 Å². The van der Waals surface area contributed by atoms with Crippen LogP contribution >= 0.6 is 0 Å². The Morgan fingerprint density at radius 1 is 1.00 bits per heavy atom. The predicted octanol–water partition coefficient (Wildman–Crippen LogP) is 3.98. The van der Waals surface area contributed by atoms with E-state index in [1.54, 1.807) is 41.9 Å². The molecule has 4 heterocycles. The maximum atomic E-state index is 13.5. The first-order chi connectivity index (χ1) is 19.3. The molecule has 11 heteroatoms. The number of piperazine rings is 1. The van der Waals surface area contributed by atoms with Gasteiger partial charge >= 0.3 is 0 Å². The fourth-order valence-electron chi connectivity index (χ4n) is 5.25. The molecule has 2 aromatic heterocycles. The molecule has 0 bridgehead atoms. The van der Waals surface area contributed by atoms with Crippen LogP contribution in [-0.4, -0.2) is 58.5 Å². The molecule has 0 spiro atoms. The number of amides is 1. The van der Waals surface area contributed by atoms with Crippen molar-refractivity contribution in [3.8, 4) is 16.9 Å². The first-order valence-corrected chi connectivity index (χ1v) is 12.8. The van der Waals surface area contributed by atoms with Crippen molar-refractivity contribution in [1.29, 1.82) is 0 Å². The minimum absolute atomic E-state index is 0.0439. The third kappa shape index (κ3) is 4.63. The molecule has 2 aliphatic heterocycles. The zero-order chi connectivity index (χ0) is 28.0. The van der Waals surface area contributed by atoms with E-state index >= 15 is 0 Å². The highest BCUT2D eigenvalue weighted by atomic mass is 19.1. The molecule has 9 nitrogen and oxygen atoms in total. The molecule has 40 heavy (non-hydrogen) atoms. The number of aromatic nitrogens is 3. The van der Waals surface area contributed by atoms with Crippen LogP contribution in [0.4, 0.5) is 26.1 Å². The van der Waals surface area contributed by atoms with E-state index in [0.717, 1.165) is 23.8 Å². The standard InChI is InChI=1S/C29H26F2N6O3/c1-17-11-23(18-3-5-19(30)6-4-18)26(35(17)2)27(38)28(39)34-21-7-8-24-25(12-21)40-16-22-15-36(9-10-37(22)24)29-32-13-20(31)14-33-29/h3-8,11-14,22H,9-10,15-16H2,1-2H3,(H,34,39). The van der Waals surface area contributed by atoms with Crippen LogP contribution in [0.1, 0.15) is 16.2 Å². The molecule has 1 saturated heterocycles. The predicted molar refractivity (Wildman–Crippen MR) is 146 cm³/mol. The number of ketones is 1. The largest absolute Gasteiger partial charge is 0.489 e. The number of aryl methyl sites for hydroxylation is 1. The minimum atomic E-state index is -0.786. The average Bonchev–Trinajstić information content (AvgIpc) is 3.26. The van der Waals surface area contributed by atoms with Gasteiger partial charge in [0.25, 0.3) is 11.7 Å². The summed E-state index contributed by atoms with van der Waals surface area (Å²) in [6, 6.07) is 13.0. The molecule has 4 aromatic rings. The molecule has 1 N–H and O–H groups in total. The zero-order valence-corrected chi connectivity index (χ0v) is 21.9. The molecule has 1 fully saturated rings. The van der Waals surface area contributed by atoms with E-state index in [2.05, 4.69) is 20.2 Å². The third-order valence-corrected chi connectivity index (χ3v) is 7.38. The average molecular weight is 545 g/mol. The second-order valence-electron chi connectivity index (χ2n) is 9.89. The number of fused-ring (bicyclic) bond motifs is 3. The van der Waals surface area contributed by atoms with Gasteiger partial charge in [-0.1, -0.05) is 12.1 Å². The Morgan fingerprint density at radius 2 is 1.75 bits per heavy atom. The number of nitrogens with zero attached hydrogens (tertiary/aromatic N) is 5. The molecule has 6 rings (SSSR count). The lowest BCUT2D eigenvalue weighted by molar-refractivity contribution is -0.112.